The lowest BCUT2D eigenvalue weighted by molar-refractivity contribution is 0.753. The zero-order valence-corrected chi connectivity index (χ0v) is 8.12. The molecule has 1 atom stereocenters. The molecule has 0 fully saturated rings. The number of nitrogens with zero attached hydrogens (tertiary/aromatic N) is 5. The van der Waals surface area contributed by atoms with E-state index in [-0.39, 0.29) is 6.04 Å². The summed E-state index contributed by atoms with van der Waals surface area (Å²) >= 11 is 0. The van der Waals surface area contributed by atoms with Gasteiger partial charge in [-0.05, 0) is 6.92 Å². The normalized spacial score (nSPS) is 13.1. The molecule has 0 saturated carbocycles. The van der Waals surface area contributed by atoms with E-state index < -0.39 is 0 Å². The molecule has 6 nitrogen and oxygen atoms in total. The number of aromatic nitrogens is 5. The lowest BCUT2D eigenvalue weighted by atomic mass is 10.3. The van der Waals surface area contributed by atoms with Crippen molar-refractivity contribution in [1.29, 1.82) is 0 Å². The Morgan fingerprint density at radius 1 is 1.43 bits per heavy atom. The minimum absolute atomic E-state index is 0.0968. The summed E-state index contributed by atoms with van der Waals surface area (Å²) in [5.74, 6) is 0. The molecular weight excluding hydrogens is 180 g/mol. The molecule has 0 aromatic carbocycles. The molecule has 2 heterocycles. The Morgan fingerprint density at radius 2 is 2.21 bits per heavy atom. The van der Waals surface area contributed by atoms with E-state index in [1.165, 1.54) is 0 Å². The van der Waals surface area contributed by atoms with E-state index >= 15 is 0 Å². The van der Waals surface area contributed by atoms with Gasteiger partial charge in [-0.15, -0.1) is 5.10 Å². The molecule has 74 valence electrons. The van der Waals surface area contributed by atoms with Crippen LogP contribution in [0.1, 0.15) is 18.7 Å². The number of aryl methyl sites for hydroxylation is 1. The molecule has 2 aromatic rings. The van der Waals surface area contributed by atoms with Crippen LogP contribution in [-0.4, -0.2) is 24.8 Å². The summed E-state index contributed by atoms with van der Waals surface area (Å²) in [6.07, 6.45) is 5.39. The highest BCUT2D eigenvalue weighted by atomic mass is 15.4. The fraction of sp³-hybridized carbons (Fsp3) is 0.375. The van der Waals surface area contributed by atoms with Crippen molar-refractivity contribution in [3.05, 3.63) is 24.3 Å². The molecule has 2 rings (SSSR count). The van der Waals surface area contributed by atoms with Crippen molar-refractivity contribution in [2.24, 2.45) is 12.8 Å². The van der Waals surface area contributed by atoms with Crippen LogP contribution in [0.25, 0.3) is 5.69 Å². The van der Waals surface area contributed by atoms with Crippen molar-refractivity contribution in [3.63, 3.8) is 0 Å². The second kappa shape index (κ2) is 3.22. The van der Waals surface area contributed by atoms with Crippen molar-refractivity contribution in [2.45, 2.75) is 13.0 Å². The van der Waals surface area contributed by atoms with Crippen molar-refractivity contribution in [3.8, 4) is 5.69 Å². The Bertz CT molecular complexity index is 426. The first-order valence-corrected chi connectivity index (χ1v) is 4.33. The summed E-state index contributed by atoms with van der Waals surface area (Å²) in [7, 11) is 1.85. The number of nitrogens with two attached hydrogens (primary N) is 1. The van der Waals surface area contributed by atoms with E-state index in [9.17, 15) is 0 Å². The van der Waals surface area contributed by atoms with Crippen molar-refractivity contribution in [1.82, 2.24) is 24.8 Å². The molecule has 0 radical (unpaired) electrons. The molecule has 2 aromatic heterocycles. The molecule has 0 unspecified atom stereocenters. The van der Waals surface area contributed by atoms with Gasteiger partial charge in [-0.1, -0.05) is 5.21 Å². The Balaban J connectivity index is 2.33. The summed E-state index contributed by atoms with van der Waals surface area (Å²) in [5, 5.41) is 12.0. The Hall–Kier alpha value is -1.69. The zero-order valence-electron chi connectivity index (χ0n) is 8.12. The van der Waals surface area contributed by atoms with Crippen LogP contribution >= 0.6 is 0 Å². The second-order valence-corrected chi connectivity index (χ2v) is 3.25. The molecule has 0 aliphatic rings. The van der Waals surface area contributed by atoms with Gasteiger partial charge in [0.25, 0.3) is 0 Å². The van der Waals surface area contributed by atoms with Crippen LogP contribution < -0.4 is 5.73 Å². The van der Waals surface area contributed by atoms with Crippen LogP contribution in [0, 0.1) is 0 Å². The monoisotopic (exact) mass is 192 g/mol. The van der Waals surface area contributed by atoms with E-state index in [0.717, 1.165) is 11.4 Å². The Labute approximate surface area is 81.3 Å². The number of hydrogen-bond donors (Lipinski definition) is 1. The average Bonchev–Trinajstić information content (AvgIpc) is 2.70. The minimum Gasteiger partial charge on any atom is -0.323 e. The molecule has 0 aliphatic carbocycles. The highest BCUT2D eigenvalue weighted by Crippen LogP contribution is 2.08. The predicted molar refractivity (Wildman–Crippen MR) is 50.7 cm³/mol. The fourth-order valence-electron chi connectivity index (χ4n) is 1.14. The summed E-state index contributed by atoms with van der Waals surface area (Å²) < 4.78 is 3.37. The van der Waals surface area contributed by atoms with Crippen LogP contribution in [0.15, 0.2) is 18.6 Å². The molecule has 0 bridgehead atoms. The standard InChI is InChI=1S/C8H12N6/c1-6(9)8-5-14(12-11-8)7-3-10-13(2)4-7/h3-6H,9H2,1-2H3/t6-/m1/s1. The Morgan fingerprint density at radius 3 is 2.71 bits per heavy atom. The van der Waals surface area contributed by atoms with Gasteiger partial charge < -0.3 is 5.73 Å². The molecule has 0 aliphatic heterocycles. The van der Waals surface area contributed by atoms with Crippen molar-refractivity contribution >= 4 is 0 Å². The second-order valence-electron chi connectivity index (χ2n) is 3.25. The SMILES string of the molecule is C[C@@H](N)c1cn(-c2cnn(C)c2)nn1. The van der Waals surface area contributed by atoms with Crippen LogP contribution in [0.5, 0.6) is 0 Å². The van der Waals surface area contributed by atoms with E-state index in [1.54, 1.807) is 15.6 Å². The molecular formula is C8H12N6. The quantitative estimate of drug-likeness (QED) is 0.728. The van der Waals surface area contributed by atoms with Crippen LogP contribution in [-0.2, 0) is 7.05 Å². The fourth-order valence-corrected chi connectivity index (χ4v) is 1.14. The topological polar surface area (TPSA) is 74.6 Å². The molecule has 0 saturated heterocycles. The lowest BCUT2D eigenvalue weighted by Crippen LogP contribution is -2.04. The van der Waals surface area contributed by atoms with E-state index in [2.05, 4.69) is 15.4 Å². The van der Waals surface area contributed by atoms with Gasteiger partial charge >= 0.3 is 0 Å². The van der Waals surface area contributed by atoms with Gasteiger partial charge in [0.05, 0.1) is 24.3 Å². The van der Waals surface area contributed by atoms with Crippen LogP contribution in [0.2, 0.25) is 0 Å². The first-order valence-electron chi connectivity index (χ1n) is 4.33. The molecule has 0 amide bonds. The van der Waals surface area contributed by atoms with Gasteiger partial charge in [0, 0.05) is 13.1 Å². The lowest BCUT2D eigenvalue weighted by Gasteiger charge is -1.95. The van der Waals surface area contributed by atoms with E-state index in [1.807, 2.05) is 26.4 Å². The zero-order chi connectivity index (χ0) is 10.1. The van der Waals surface area contributed by atoms with Crippen LogP contribution in [0.3, 0.4) is 0 Å². The third-order valence-electron chi connectivity index (χ3n) is 1.93. The van der Waals surface area contributed by atoms with E-state index in [0.29, 0.717) is 0 Å². The maximum Gasteiger partial charge on any atom is 0.104 e. The first-order chi connectivity index (χ1) is 6.66. The highest BCUT2D eigenvalue weighted by molar-refractivity contribution is 5.23. The van der Waals surface area contributed by atoms with Gasteiger partial charge in [-0.25, -0.2) is 4.68 Å². The van der Waals surface area contributed by atoms with E-state index in [4.69, 9.17) is 5.73 Å². The molecule has 14 heavy (non-hydrogen) atoms. The number of hydrogen-bond acceptors (Lipinski definition) is 4. The predicted octanol–water partition coefficient (Wildman–Crippen LogP) is 0.0205. The van der Waals surface area contributed by atoms with Gasteiger partial charge in [-0.3, -0.25) is 4.68 Å². The van der Waals surface area contributed by atoms with Gasteiger partial charge in [0.2, 0.25) is 0 Å². The third kappa shape index (κ3) is 1.51. The molecule has 0 spiro atoms. The van der Waals surface area contributed by atoms with Gasteiger partial charge in [-0.2, -0.15) is 5.10 Å². The third-order valence-corrected chi connectivity index (χ3v) is 1.93. The molecule has 6 heteroatoms. The van der Waals surface area contributed by atoms with Crippen molar-refractivity contribution < 1.29 is 0 Å². The summed E-state index contributed by atoms with van der Waals surface area (Å²) in [4.78, 5) is 0. The van der Waals surface area contributed by atoms with Crippen LogP contribution in [0.4, 0.5) is 0 Å². The molecule has 2 N–H and O–H groups in total. The maximum absolute atomic E-state index is 5.67. The van der Waals surface area contributed by atoms with Gasteiger partial charge in [0.1, 0.15) is 5.69 Å². The van der Waals surface area contributed by atoms with Gasteiger partial charge in [0.15, 0.2) is 0 Å². The largest absolute Gasteiger partial charge is 0.323 e. The Kier molecular flexibility index (Phi) is 2.05. The summed E-state index contributed by atoms with van der Waals surface area (Å²) in [6, 6.07) is -0.0968. The summed E-state index contributed by atoms with van der Waals surface area (Å²) in [5.41, 5.74) is 7.33. The average molecular weight is 192 g/mol. The summed E-state index contributed by atoms with van der Waals surface area (Å²) in [6.45, 7) is 1.87. The van der Waals surface area contributed by atoms with Crippen molar-refractivity contribution in [2.75, 3.05) is 0 Å². The maximum atomic E-state index is 5.67. The minimum atomic E-state index is -0.0968. The smallest absolute Gasteiger partial charge is 0.104 e. The first kappa shape index (κ1) is 8.89. The number of rotatable bonds is 2. The highest BCUT2D eigenvalue weighted by Gasteiger charge is 2.06.